The number of hydrogen-bond donors (Lipinski definition) is 1. The summed E-state index contributed by atoms with van der Waals surface area (Å²) in [5.41, 5.74) is -0.00535. The highest BCUT2D eigenvalue weighted by Crippen LogP contribution is 2.37. The molecule has 0 saturated heterocycles. The molecule has 0 aliphatic rings. The second-order valence-corrected chi connectivity index (χ2v) is 6.16. The van der Waals surface area contributed by atoms with Crippen molar-refractivity contribution in [1.82, 2.24) is 4.98 Å². The van der Waals surface area contributed by atoms with Crippen molar-refractivity contribution < 1.29 is 23.9 Å². The molecule has 152 valence electrons. The molecule has 9 nitrogen and oxygen atoms in total. The van der Waals surface area contributed by atoms with Gasteiger partial charge >= 0.3 is 11.2 Å². The third kappa shape index (κ3) is 3.66. The summed E-state index contributed by atoms with van der Waals surface area (Å²) < 4.78 is 21.1. The number of pyridine rings is 1. The van der Waals surface area contributed by atoms with Gasteiger partial charge in [0.25, 0.3) is 0 Å². The van der Waals surface area contributed by atoms with Crippen LogP contribution >= 0.6 is 0 Å². The molecule has 1 aromatic heterocycles. The SMILES string of the molecule is COc1ccc(Cc2[nH]c(=O)c([N+](=O)[O-])c3cc(OC)c(OC)cc23)cc1OC. The first kappa shape index (κ1) is 20.0. The summed E-state index contributed by atoms with van der Waals surface area (Å²) in [6, 6.07) is 8.43. The monoisotopic (exact) mass is 400 g/mol. The lowest BCUT2D eigenvalue weighted by atomic mass is 10.0. The van der Waals surface area contributed by atoms with Gasteiger partial charge in [0.2, 0.25) is 0 Å². The predicted molar refractivity (Wildman–Crippen MR) is 107 cm³/mol. The second kappa shape index (κ2) is 8.09. The van der Waals surface area contributed by atoms with Crippen molar-refractivity contribution >= 4 is 16.5 Å². The van der Waals surface area contributed by atoms with Crippen LogP contribution in [-0.4, -0.2) is 38.3 Å². The molecule has 0 atom stereocenters. The number of nitrogens with one attached hydrogen (secondary N) is 1. The highest BCUT2D eigenvalue weighted by atomic mass is 16.6. The van der Waals surface area contributed by atoms with Crippen LogP contribution in [0.1, 0.15) is 11.3 Å². The van der Waals surface area contributed by atoms with Crippen molar-refractivity contribution in [2.45, 2.75) is 6.42 Å². The van der Waals surface area contributed by atoms with Crippen molar-refractivity contribution in [2.75, 3.05) is 28.4 Å². The van der Waals surface area contributed by atoms with E-state index in [4.69, 9.17) is 18.9 Å². The summed E-state index contributed by atoms with van der Waals surface area (Å²) in [6.45, 7) is 0. The largest absolute Gasteiger partial charge is 0.493 e. The number of ether oxygens (including phenoxy) is 4. The Bertz CT molecular complexity index is 1140. The van der Waals surface area contributed by atoms with Crippen LogP contribution in [0.3, 0.4) is 0 Å². The first-order valence-corrected chi connectivity index (χ1v) is 8.59. The van der Waals surface area contributed by atoms with Crippen molar-refractivity contribution in [3.8, 4) is 23.0 Å². The minimum absolute atomic E-state index is 0.173. The van der Waals surface area contributed by atoms with Crippen LogP contribution in [0.25, 0.3) is 10.8 Å². The van der Waals surface area contributed by atoms with Crippen LogP contribution in [-0.2, 0) is 6.42 Å². The lowest BCUT2D eigenvalue weighted by Crippen LogP contribution is -2.15. The van der Waals surface area contributed by atoms with E-state index in [0.29, 0.717) is 40.5 Å². The molecule has 0 fully saturated rings. The average Bonchev–Trinajstić information content (AvgIpc) is 2.72. The maximum absolute atomic E-state index is 12.4. The maximum atomic E-state index is 12.4. The van der Waals surface area contributed by atoms with E-state index in [1.54, 1.807) is 25.3 Å². The van der Waals surface area contributed by atoms with Gasteiger partial charge in [0, 0.05) is 17.5 Å². The van der Waals surface area contributed by atoms with Gasteiger partial charge < -0.3 is 23.9 Å². The fourth-order valence-corrected chi connectivity index (χ4v) is 3.23. The van der Waals surface area contributed by atoms with Crippen LogP contribution < -0.4 is 24.5 Å². The number of aromatic nitrogens is 1. The molecule has 2 aromatic carbocycles. The molecule has 0 unspecified atom stereocenters. The van der Waals surface area contributed by atoms with Gasteiger partial charge in [0.1, 0.15) is 0 Å². The highest BCUT2D eigenvalue weighted by Gasteiger charge is 2.23. The topological polar surface area (TPSA) is 113 Å². The minimum Gasteiger partial charge on any atom is -0.493 e. The quantitative estimate of drug-likeness (QED) is 0.479. The minimum atomic E-state index is -0.787. The molecular weight excluding hydrogens is 380 g/mol. The Labute approximate surface area is 165 Å². The standard InChI is InChI=1S/C20H20N2O7/c1-26-15-6-5-11(8-16(15)27-2)7-14-12-9-17(28-3)18(29-4)10-13(12)19(22(24)25)20(23)21-14/h5-6,8-10H,7H2,1-4H3,(H,21,23). The number of hydrogen-bond acceptors (Lipinski definition) is 7. The van der Waals surface area contributed by atoms with Crippen molar-refractivity contribution in [2.24, 2.45) is 0 Å². The number of methoxy groups -OCH3 is 4. The van der Waals surface area contributed by atoms with E-state index in [-0.39, 0.29) is 5.39 Å². The van der Waals surface area contributed by atoms with Gasteiger partial charge in [0.15, 0.2) is 23.0 Å². The van der Waals surface area contributed by atoms with E-state index in [2.05, 4.69) is 4.98 Å². The number of aromatic amines is 1. The van der Waals surface area contributed by atoms with E-state index < -0.39 is 16.2 Å². The van der Waals surface area contributed by atoms with Gasteiger partial charge in [-0.1, -0.05) is 6.07 Å². The Kier molecular flexibility index (Phi) is 5.58. The number of nitro groups is 1. The molecule has 29 heavy (non-hydrogen) atoms. The van der Waals surface area contributed by atoms with Gasteiger partial charge in [-0.15, -0.1) is 0 Å². The van der Waals surface area contributed by atoms with Crippen LogP contribution in [0, 0.1) is 10.1 Å². The summed E-state index contributed by atoms with van der Waals surface area (Å²) >= 11 is 0. The number of fused-ring (bicyclic) bond motifs is 1. The fourth-order valence-electron chi connectivity index (χ4n) is 3.23. The van der Waals surface area contributed by atoms with Gasteiger partial charge in [-0.2, -0.15) is 0 Å². The molecule has 0 spiro atoms. The summed E-state index contributed by atoms with van der Waals surface area (Å²) in [6.07, 6.45) is 0.305. The smallest absolute Gasteiger partial charge is 0.341 e. The van der Waals surface area contributed by atoms with Gasteiger partial charge in [0.05, 0.1) is 38.7 Å². The summed E-state index contributed by atoms with van der Waals surface area (Å²) in [4.78, 5) is 25.9. The molecular formula is C20H20N2O7. The van der Waals surface area contributed by atoms with Crippen molar-refractivity contribution in [3.63, 3.8) is 0 Å². The Hall–Kier alpha value is -3.75. The second-order valence-electron chi connectivity index (χ2n) is 6.16. The first-order chi connectivity index (χ1) is 13.9. The lowest BCUT2D eigenvalue weighted by Gasteiger charge is -2.13. The Morgan fingerprint density at radius 1 is 0.862 bits per heavy atom. The van der Waals surface area contributed by atoms with Crippen molar-refractivity contribution in [1.29, 1.82) is 0 Å². The van der Waals surface area contributed by atoms with Gasteiger partial charge in [-0.05, 0) is 29.8 Å². The molecule has 3 rings (SSSR count). The zero-order valence-corrected chi connectivity index (χ0v) is 16.4. The number of nitrogens with zero attached hydrogens (tertiary/aromatic N) is 1. The van der Waals surface area contributed by atoms with Crippen LogP contribution in [0.2, 0.25) is 0 Å². The molecule has 0 aliphatic carbocycles. The van der Waals surface area contributed by atoms with E-state index in [1.807, 2.05) is 6.07 Å². The van der Waals surface area contributed by atoms with Crippen LogP contribution in [0.5, 0.6) is 23.0 Å². The number of rotatable bonds is 7. The summed E-state index contributed by atoms with van der Waals surface area (Å²) in [7, 11) is 5.96. The third-order valence-electron chi connectivity index (χ3n) is 4.59. The Morgan fingerprint density at radius 3 is 1.97 bits per heavy atom. The van der Waals surface area contributed by atoms with Gasteiger partial charge in [-0.3, -0.25) is 14.9 Å². The van der Waals surface area contributed by atoms with Crippen molar-refractivity contribution in [3.05, 3.63) is 62.1 Å². The molecule has 9 heteroatoms. The third-order valence-corrected chi connectivity index (χ3v) is 4.59. The summed E-state index contributed by atoms with van der Waals surface area (Å²) in [5.74, 6) is 1.81. The average molecular weight is 400 g/mol. The molecule has 3 aromatic rings. The highest BCUT2D eigenvalue weighted by molar-refractivity contribution is 5.94. The van der Waals surface area contributed by atoms with Gasteiger partial charge in [-0.25, -0.2) is 0 Å². The van der Waals surface area contributed by atoms with E-state index in [9.17, 15) is 14.9 Å². The zero-order valence-electron chi connectivity index (χ0n) is 16.4. The molecule has 0 bridgehead atoms. The Morgan fingerprint density at radius 2 is 1.41 bits per heavy atom. The molecule has 1 heterocycles. The van der Waals surface area contributed by atoms with Crippen LogP contribution in [0.4, 0.5) is 5.69 Å². The predicted octanol–water partition coefficient (Wildman–Crippen LogP) is 3.06. The fraction of sp³-hybridized carbons (Fsp3) is 0.250. The molecule has 0 saturated carbocycles. The molecule has 1 N–H and O–H groups in total. The number of benzene rings is 2. The summed E-state index contributed by atoms with van der Waals surface area (Å²) in [5, 5.41) is 12.2. The maximum Gasteiger partial charge on any atom is 0.341 e. The zero-order chi connectivity index (χ0) is 21.1. The van der Waals surface area contributed by atoms with E-state index >= 15 is 0 Å². The van der Waals surface area contributed by atoms with E-state index in [1.165, 1.54) is 27.4 Å². The molecule has 0 amide bonds. The first-order valence-electron chi connectivity index (χ1n) is 8.59. The lowest BCUT2D eigenvalue weighted by molar-refractivity contribution is -0.384. The normalized spacial score (nSPS) is 10.6. The van der Waals surface area contributed by atoms with E-state index in [0.717, 1.165) is 5.56 Å². The molecule has 0 aliphatic heterocycles. The molecule has 0 radical (unpaired) electrons. The Balaban J connectivity index is 2.24. The van der Waals surface area contributed by atoms with Crippen LogP contribution in [0.15, 0.2) is 35.1 Å². The number of H-pyrrole nitrogens is 1.